The van der Waals surface area contributed by atoms with Crippen LogP contribution in [0, 0.1) is 0 Å². The number of rotatable bonds is 1. The zero-order chi connectivity index (χ0) is 11.8. The molecule has 0 aliphatic carbocycles. The quantitative estimate of drug-likeness (QED) is 0.610. The van der Waals surface area contributed by atoms with Gasteiger partial charge in [-0.15, -0.1) is 0 Å². The summed E-state index contributed by atoms with van der Waals surface area (Å²) in [6.45, 7) is 2.06. The smallest absolute Gasteiger partial charge is 0.126 e. The van der Waals surface area contributed by atoms with Gasteiger partial charge in [-0.2, -0.15) is 0 Å². The van der Waals surface area contributed by atoms with Crippen molar-refractivity contribution in [1.29, 1.82) is 0 Å². The van der Waals surface area contributed by atoms with E-state index in [9.17, 15) is 5.11 Å². The van der Waals surface area contributed by atoms with Crippen molar-refractivity contribution in [1.82, 2.24) is 0 Å². The molecule has 3 aromatic rings. The molecule has 3 aromatic carbocycles. The van der Waals surface area contributed by atoms with Crippen molar-refractivity contribution in [2.24, 2.45) is 0 Å². The number of phenols is 1. The summed E-state index contributed by atoms with van der Waals surface area (Å²) in [7, 11) is 0. The topological polar surface area (TPSA) is 20.2 Å². The van der Waals surface area contributed by atoms with Gasteiger partial charge in [-0.1, -0.05) is 55.5 Å². The monoisotopic (exact) mass is 222 g/mol. The van der Waals surface area contributed by atoms with E-state index in [0.717, 1.165) is 22.8 Å². The van der Waals surface area contributed by atoms with E-state index in [-0.39, 0.29) is 0 Å². The Morgan fingerprint density at radius 2 is 1.59 bits per heavy atom. The summed E-state index contributed by atoms with van der Waals surface area (Å²) in [6, 6.07) is 16.5. The maximum absolute atomic E-state index is 10.2. The molecule has 1 nitrogen and oxygen atoms in total. The summed E-state index contributed by atoms with van der Waals surface area (Å²) < 4.78 is 0. The normalized spacial score (nSPS) is 11.1. The molecule has 0 aliphatic heterocycles. The van der Waals surface area contributed by atoms with E-state index >= 15 is 0 Å². The summed E-state index contributed by atoms with van der Waals surface area (Å²) in [6.07, 6.45) is 0.856. The van der Waals surface area contributed by atoms with Crippen LogP contribution < -0.4 is 0 Å². The van der Waals surface area contributed by atoms with Crippen molar-refractivity contribution < 1.29 is 5.11 Å². The third kappa shape index (κ3) is 1.47. The van der Waals surface area contributed by atoms with E-state index in [1.165, 1.54) is 10.8 Å². The van der Waals surface area contributed by atoms with Crippen LogP contribution in [0.2, 0.25) is 0 Å². The second-order valence-electron chi connectivity index (χ2n) is 4.31. The molecule has 0 spiro atoms. The fourth-order valence-electron chi connectivity index (χ4n) is 2.40. The summed E-state index contributed by atoms with van der Waals surface area (Å²) in [5.74, 6) is 0.427. The highest BCUT2D eigenvalue weighted by Gasteiger charge is 2.07. The standard InChI is InChI=1S/C16H14O/c1-2-11-7-9-14-13-6-4-3-5-12(13)8-10-15(14)16(11)17/h3-10,17H,2H2,1H3. The van der Waals surface area contributed by atoms with Gasteiger partial charge in [0, 0.05) is 5.39 Å². The van der Waals surface area contributed by atoms with E-state index < -0.39 is 0 Å². The minimum Gasteiger partial charge on any atom is -0.507 e. The second-order valence-corrected chi connectivity index (χ2v) is 4.31. The first kappa shape index (κ1) is 10.2. The fraction of sp³-hybridized carbons (Fsp3) is 0.125. The number of aryl methyl sites for hydroxylation is 1. The minimum atomic E-state index is 0.427. The Hall–Kier alpha value is -2.02. The lowest BCUT2D eigenvalue weighted by atomic mass is 9.98. The zero-order valence-corrected chi connectivity index (χ0v) is 9.77. The van der Waals surface area contributed by atoms with Gasteiger partial charge in [-0.05, 0) is 28.1 Å². The summed E-state index contributed by atoms with van der Waals surface area (Å²) in [5.41, 5.74) is 1.01. The predicted octanol–water partition coefficient (Wildman–Crippen LogP) is 4.26. The highest BCUT2D eigenvalue weighted by molar-refractivity contribution is 6.09. The maximum Gasteiger partial charge on any atom is 0.126 e. The first-order valence-corrected chi connectivity index (χ1v) is 5.93. The molecule has 84 valence electrons. The van der Waals surface area contributed by atoms with Crippen LogP contribution in [0.4, 0.5) is 0 Å². The zero-order valence-electron chi connectivity index (χ0n) is 9.77. The van der Waals surface area contributed by atoms with E-state index in [4.69, 9.17) is 0 Å². The van der Waals surface area contributed by atoms with E-state index in [1.807, 2.05) is 24.3 Å². The van der Waals surface area contributed by atoms with Crippen molar-refractivity contribution in [2.75, 3.05) is 0 Å². The molecule has 0 fully saturated rings. The first-order valence-electron chi connectivity index (χ1n) is 5.93. The Balaban J connectivity index is 2.49. The summed E-state index contributed by atoms with van der Waals surface area (Å²) >= 11 is 0. The van der Waals surface area contributed by atoms with Crippen molar-refractivity contribution in [3.8, 4) is 5.75 Å². The Kier molecular flexibility index (Phi) is 2.25. The molecule has 0 saturated carbocycles. The van der Waals surface area contributed by atoms with Gasteiger partial charge in [0.15, 0.2) is 0 Å². The number of fused-ring (bicyclic) bond motifs is 3. The average molecular weight is 222 g/mol. The van der Waals surface area contributed by atoms with Gasteiger partial charge < -0.3 is 5.11 Å². The van der Waals surface area contributed by atoms with Gasteiger partial charge in [0.2, 0.25) is 0 Å². The summed E-state index contributed by atoms with van der Waals surface area (Å²) in [4.78, 5) is 0. The highest BCUT2D eigenvalue weighted by atomic mass is 16.3. The van der Waals surface area contributed by atoms with Gasteiger partial charge in [0.1, 0.15) is 5.75 Å². The van der Waals surface area contributed by atoms with Crippen molar-refractivity contribution in [2.45, 2.75) is 13.3 Å². The fourth-order valence-corrected chi connectivity index (χ4v) is 2.40. The highest BCUT2D eigenvalue weighted by Crippen LogP contribution is 2.33. The van der Waals surface area contributed by atoms with Gasteiger partial charge in [-0.25, -0.2) is 0 Å². The van der Waals surface area contributed by atoms with Gasteiger partial charge in [-0.3, -0.25) is 0 Å². The lowest BCUT2D eigenvalue weighted by Crippen LogP contribution is -1.84. The third-order valence-corrected chi connectivity index (χ3v) is 3.36. The van der Waals surface area contributed by atoms with Crippen molar-refractivity contribution >= 4 is 21.5 Å². The van der Waals surface area contributed by atoms with E-state index in [0.29, 0.717) is 5.75 Å². The molecule has 0 saturated heterocycles. The Morgan fingerprint density at radius 1 is 0.824 bits per heavy atom. The molecule has 0 bridgehead atoms. The molecule has 0 radical (unpaired) electrons. The SMILES string of the molecule is CCc1ccc2c(ccc3ccccc32)c1O. The molecule has 0 aromatic heterocycles. The number of phenolic OH excluding ortho intramolecular Hbond substituents is 1. The number of hydrogen-bond acceptors (Lipinski definition) is 1. The number of benzene rings is 3. The second kappa shape index (κ2) is 3.77. The first-order chi connectivity index (χ1) is 8.31. The maximum atomic E-state index is 10.2. The van der Waals surface area contributed by atoms with Crippen LogP contribution >= 0.6 is 0 Å². The van der Waals surface area contributed by atoms with Crippen molar-refractivity contribution in [3.05, 3.63) is 54.1 Å². The van der Waals surface area contributed by atoms with Crippen LogP contribution in [0.25, 0.3) is 21.5 Å². The molecular formula is C16H14O. The van der Waals surface area contributed by atoms with Crippen LogP contribution in [0.1, 0.15) is 12.5 Å². The molecule has 1 heteroatoms. The molecular weight excluding hydrogens is 208 g/mol. The largest absolute Gasteiger partial charge is 0.507 e. The Labute approximate surface area is 100 Å². The molecule has 3 rings (SSSR count). The molecule has 0 unspecified atom stereocenters. The molecule has 0 atom stereocenters. The van der Waals surface area contributed by atoms with E-state index in [1.54, 1.807) is 0 Å². The average Bonchev–Trinajstić information content (AvgIpc) is 2.39. The van der Waals surface area contributed by atoms with Gasteiger partial charge in [0.25, 0.3) is 0 Å². The van der Waals surface area contributed by atoms with Crippen molar-refractivity contribution in [3.63, 3.8) is 0 Å². The predicted molar refractivity (Wildman–Crippen MR) is 72.5 cm³/mol. The minimum absolute atomic E-state index is 0.427. The van der Waals surface area contributed by atoms with Gasteiger partial charge in [0.05, 0.1) is 0 Å². The third-order valence-electron chi connectivity index (χ3n) is 3.36. The van der Waals surface area contributed by atoms with Crippen LogP contribution in [0.15, 0.2) is 48.5 Å². The molecule has 0 amide bonds. The Morgan fingerprint density at radius 3 is 2.41 bits per heavy atom. The number of hydrogen-bond donors (Lipinski definition) is 1. The van der Waals surface area contributed by atoms with Gasteiger partial charge >= 0.3 is 0 Å². The molecule has 0 heterocycles. The molecule has 1 N–H and O–H groups in total. The summed E-state index contributed by atoms with van der Waals surface area (Å²) in [5, 5.41) is 14.7. The lowest BCUT2D eigenvalue weighted by molar-refractivity contribution is 0.475. The molecule has 17 heavy (non-hydrogen) atoms. The van der Waals surface area contributed by atoms with Crippen LogP contribution in [-0.2, 0) is 6.42 Å². The lowest BCUT2D eigenvalue weighted by Gasteiger charge is -2.08. The van der Waals surface area contributed by atoms with Crippen LogP contribution in [0.5, 0.6) is 5.75 Å². The van der Waals surface area contributed by atoms with Crippen LogP contribution in [0.3, 0.4) is 0 Å². The molecule has 0 aliphatic rings. The van der Waals surface area contributed by atoms with Crippen LogP contribution in [-0.4, -0.2) is 5.11 Å². The Bertz CT molecular complexity index is 698. The van der Waals surface area contributed by atoms with E-state index in [2.05, 4.69) is 31.2 Å². The number of aromatic hydroxyl groups is 1.